The summed E-state index contributed by atoms with van der Waals surface area (Å²) in [7, 11) is -3.83. The number of piperazine rings is 1. The molecule has 3 saturated heterocycles. The van der Waals surface area contributed by atoms with Crippen LogP contribution in [0, 0.1) is 23.3 Å². The zero-order chi connectivity index (χ0) is 42.7. The Morgan fingerprint density at radius 2 is 1.45 bits per heavy atom. The van der Waals surface area contributed by atoms with Crippen LogP contribution >= 0.6 is 11.6 Å². The molecule has 3 aromatic rings. The molecule has 0 aromatic heterocycles. The van der Waals surface area contributed by atoms with Crippen LogP contribution in [0.25, 0.3) is 4.85 Å². The van der Waals surface area contributed by atoms with E-state index in [2.05, 4.69) is 29.6 Å². The number of hydrogen-bond donors (Lipinski definition) is 2. The van der Waals surface area contributed by atoms with Gasteiger partial charge in [-0.05, 0) is 79.8 Å². The van der Waals surface area contributed by atoms with Crippen molar-refractivity contribution in [2.24, 2.45) is 16.7 Å². The molecule has 1 unspecified atom stereocenters. The van der Waals surface area contributed by atoms with E-state index in [0.717, 1.165) is 74.9 Å². The number of nitrogens with zero attached hydrogens (tertiary/aromatic N) is 5. The Balaban J connectivity index is 0.804. The van der Waals surface area contributed by atoms with Crippen LogP contribution in [-0.4, -0.2) is 106 Å². The summed E-state index contributed by atoms with van der Waals surface area (Å²) < 4.78 is 36.7. The molecule has 4 fully saturated rings. The Kier molecular flexibility index (Phi) is 11.0. The van der Waals surface area contributed by atoms with Crippen LogP contribution in [0.5, 0.6) is 5.75 Å². The number of carbonyl (C=O) groups is 4. The van der Waals surface area contributed by atoms with Crippen LogP contribution in [0.3, 0.4) is 0 Å². The summed E-state index contributed by atoms with van der Waals surface area (Å²) in [5, 5.41) is 2.55. The molecule has 316 valence electrons. The average molecular weight is 856 g/mol. The molecule has 0 radical (unpaired) electrons. The van der Waals surface area contributed by atoms with E-state index in [4.69, 9.17) is 22.9 Å². The zero-order valence-electron chi connectivity index (χ0n) is 34.2. The first-order chi connectivity index (χ1) is 28.5. The maximum absolute atomic E-state index is 13.7. The summed E-state index contributed by atoms with van der Waals surface area (Å²) in [6, 6.07) is 16.0. The van der Waals surface area contributed by atoms with E-state index in [1.807, 2.05) is 45.9 Å². The number of rotatable bonds is 10. The lowest BCUT2D eigenvalue weighted by molar-refractivity contribution is -0.161. The SMILES string of the molecule is [C-]#[N+]c1ccc(OC2C(C)(C)C(NS(=O)(=O)c3ccc(N4CCN(CC5CCN(c6ccc7c(c6)C(=O)N(C6CCC(=O)NC6=O)C7=O)CC5)CC4)cc3)C2(C)C)cc1Cl. The second kappa shape index (κ2) is 15.8. The Morgan fingerprint density at radius 1 is 0.817 bits per heavy atom. The van der Waals surface area contributed by atoms with Gasteiger partial charge in [0.25, 0.3) is 11.8 Å². The summed E-state index contributed by atoms with van der Waals surface area (Å²) in [4.78, 5) is 62.2. The number of carbonyl (C=O) groups excluding carboxylic acids is 4. The Labute approximate surface area is 356 Å². The number of anilines is 2. The molecule has 5 aliphatic rings. The molecule has 4 amide bonds. The highest BCUT2D eigenvalue weighted by Crippen LogP contribution is 2.56. The van der Waals surface area contributed by atoms with Crippen molar-refractivity contribution in [2.45, 2.75) is 76.5 Å². The molecule has 1 atom stereocenters. The molecule has 4 heterocycles. The van der Waals surface area contributed by atoms with Crippen molar-refractivity contribution < 1.29 is 32.3 Å². The molecule has 1 saturated carbocycles. The minimum atomic E-state index is -3.83. The van der Waals surface area contributed by atoms with Gasteiger partial charge in [-0.15, -0.1) is 0 Å². The molecule has 0 spiro atoms. The zero-order valence-corrected chi connectivity index (χ0v) is 35.8. The molecule has 60 heavy (non-hydrogen) atoms. The standard InChI is InChI=1S/C44H50ClN7O7S/c1-43(2)41(44(3,4)42(43)59-30-9-13-35(46-5)34(45)25-30)48-60(57,58)31-10-6-28(7-11-31)51-22-20-49(21-23-51)26-27-16-18-50(19-17-27)29-8-12-32-33(24-29)40(56)52(39(32)55)36-14-15-37(53)47-38(36)54/h6-13,24-25,27,36,41-42,48H,14-23,26H2,1-4H3,(H,47,53,54). The maximum Gasteiger partial charge on any atom is 0.262 e. The van der Waals surface area contributed by atoms with Crippen LogP contribution in [0.15, 0.2) is 65.6 Å². The first-order valence-corrected chi connectivity index (χ1v) is 22.4. The Morgan fingerprint density at radius 3 is 2.08 bits per heavy atom. The van der Waals surface area contributed by atoms with Crippen molar-refractivity contribution in [2.75, 3.05) is 55.6 Å². The van der Waals surface area contributed by atoms with Crippen LogP contribution in [0.4, 0.5) is 17.1 Å². The van der Waals surface area contributed by atoms with Gasteiger partial charge in [0.2, 0.25) is 27.5 Å². The van der Waals surface area contributed by atoms with E-state index >= 15 is 0 Å². The molecule has 14 nitrogen and oxygen atoms in total. The first kappa shape index (κ1) is 41.7. The topological polar surface area (TPSA) is 153 Å². The highest BCUT2D eigenvalue weighted by Gasteiger charge is 2.64. The lowest BCUT2D eigenvalue weighted by atomic mass is 9.50. The van der Waals surface area contributed by atoms with E-state index in [1.54, 1.807) is 42.5 Å². The molecule has 4 aliphatic heterocycles. The van der Waals surface area contributed by atoms with Gasteiger partial charge in [0.15, 0.2) is 0 Å². The summed E-state index contributed by atoms with van der Waals surface area (Å²) in [6.07, 6.45) is 1.89. The minimum Gasteiger partial charge on any atom is -0.489 e. The summed E-state index contributed by atoms with van der Waals surface area (Å²) >= 11 is 6.24. The predicted molar refractivity (Wildman–Crippen MR) is 227 cm³/mol. The van der Waals surface area contributed by atoms with Crippen molar-refractivity contribution in [3.63, 3.8) is 0 Å². The Hall–Kier alpha value is -5.01. The number of sulfonamides is 1. The minimum absolute atomic E-state index is 0.0830. The van der Waals surface area contributed by atoms with Gasteiger partial charge in [-0.1, -0.05) is 45.4 Å². The largest absolute Gasteiger partial charge is 0.489 e. The number of halogens is 1. The third-order valence-corrected chi connectivity index (χ3v) is 15.0. The number of hydrogen-bond acceptors (Lipinski definition) is 10. The van der Waals surface area contributed by atoms with E-state index in [1.165, 1.54) is 0 Å². The van der Waals surface area contributed by atoms with Crippen LogP contribution in [0.1, 0.15) is 74.1 Å². The molecule has 1 aliphatic carbocycles. The quantitative estimate of drug-likeness (QED) is 0.198. The maximum atomic E-state index is 13.7. The number of imide groups is 2. The number of fused-ring (bicyclic) bond motifs is 1. The van der Waals surface area contributed by atoms with Crippen molar-refractivity contribution in [1.82, 2.24) is 19.8 Å². The van der Waals surface area contributed by atoms with Gasteiger partial charge >= 0.3 is 0 Å². The lowest BCUT2D eigenvalue weighted by Gasteiger charge is -2.62. The predicted octanol–water partition coefficient (Wildman–Crippen LogP) is 5.49. The van der Waals surface area contributed by atoms with E-state index in [-0.39, 0.29) is 29.4 Å². The number of benzene rings is 3. The van der Waals surface area contributed by atoms with Gasteiger partial charge in [0, 0.05) is 80.5 Å². The monoisotopic (exact) mass is 855 g/mol. The van der Waals surface area contributed by atoms with Crippen LogP contribution < -0.4 is 24.6 Å². The lowest BCUT2D eigenvalue weighted by Crippen LogP contribution is -2.74. The summed E-state index contributed by atoms with van der Waals surface area (Å²) in [5.41, 5.74) is 1.73. The van der Waals surface area contributed by atoms with Gasteiger partial charge < -0.3 is 14.5 Å². The second-order valence-electron chi connectivity index (χ2n) is 17.8. The highest BCUT2D eigenvalue weighted by atomic mass is 35.5. The fourth-order valence-corrected chi connectivity index (χ4v) is 11.9. The third kappa shape index (κ3) is 7.63. The second-order valence-corrected chi connectivity index (χ2v) is 19.9. The fourth-order valence-electron chi connectivity index (χ4n) is 10.2. The molecule has 0 bridgehead atoms. The molecule has 3 aromatic carbocycles. The number of ether oxygens (including phenoxy) is 1. The molecule has 16 heteroatoms. The van der Waals surface area contributed by atoms with Crippen molar-refractivity contribution in [1.29, 1.82) is 0 Å². The van der Waals surface area contributed by atoms with E-state index in [0.29, 0.717) is 27.9 Å². The number of amides is 4. The third-order valence-electron chi connectivity index (χ3n) is 13.2. The van der Waals surface area contributed by atoms with E-state index < -0.39 is 56.6 Å². The molecular weight excluding hydrogens is 806 g/mol. The highest BCUT2D eigenvalue weighted by molar-refractivity contribution is 7.89. The van der Waals surface area contributed by atoms with Crippen LogP contribution in [-0.2, 0) is 19.6 Å². The van der Waals surface area contributed by atoms with E-state index in [9.17, 15) is 27.6 Å². The average Bonchev–Trinajstić information content (AvgIpc) is 3.47. The summed E-state index contributed by atoms with van der Waals surface area (Å²) in [6.45, 7) is 21.3. The van der Waals surface area contributed by atoms with Gasteiger partial charge in [-0.25, -0.2) is 18.0 Å². The molecule has 2 N–H and O–H groups in total. The first-order valence-electron chi connectivity index (χ1n) is 20.5. The van der Waals surface area contributed by atoms with Gasteiger partial charge in [-0.3, -0.25) is 34.3 Å². The van der Waals surface area contributed by atoms with Gasteiger partial charge in [0.1, 0.15) is 17.9 Å². The molecule has 8 rings (SSSR count). The smallest absolute Gasteiger partial charge is 0.262 e. The van der Waals surface area contributed by atoms with Gasteiger partial charge in [0.05, 0.1) is 27.6 Å². The fraction of sp³-hybridized carbons (Fsp3) is 0.477. The van der Waals surface area contributed by atoms with Crippen LogP contribution in [0.2, 0.25) is 5.02 Å². The van der Waals surface area contributed by atoms with Crippen molar-refractivity contribution >= 4 is 62.3 Å². The normalized spacial score (nSPS) is 24.5. The summed E-state index contributed by atoms with van der Waals surface area (Å²) in [5.74, 6) is -0.951. The molecular formula is C44H50ClN7O7S. The Bertz CT molecular complexity index is 2370. The van der Waals surface area contributed by atoms with Crippen molar-refractivity contribution in [3.8, 4) is 5.75 Å². The number of piperidine rings is 2. The number of nitrogens with one attached hydrogen (secondary N) is 2. The van der Waals surface area contributed by atoms with Gasteiger partial charge in [-0.2, -0.15) is 0 Å². The van der Waals surface area contributed by atoms with Crippen molar-refractivity contribution in [3.05, 3.63) is 88.2 Å².